The van der Waals surface area contributed by atoms with Crippen molar-refractivity contribution in [2.24, 2.45) is 0 Å². The van der Waals surface area contributed by atoms with Crippen LogP contribution in [0, 0.1) is 0 Å². The first-order chi connectivity index (χ1) is 11.6. The Morgan fingerprint density at radius 2 is 1.79 bits per heavy atom. The third-order valence-corrected chi connectivity index (χ3v) is 3.47. The van der Waals surface area contributed by atoms with E-state index in [0.717, 1.165) is 11.3 Å². The third kappa shape index (κ3) is 5.15. The van der Waals surface area contributed by atoms with E-state index in [9.17, 15) is 9.59 Å². The summed E-state index contributed by atoms with van der Waals surface area (Å²) in [6.45, 7) is 4.68. The second-order valence-corrected chi connectivity index (χ2v) is 5.74. The van der Waals surface area contributed by atoms with Crippen LogP contribution in [0.1, 0.15) is 41.4 Å². The maximum Gasteiger partial charge on any atom is 0.254 e. The van der Waals surface area contributed by atoms with Gasteiger partial charge in [0.25, 0.3) is 5.91 Å². The predicted octanol–water partition coefficient (Wildman–Crippen LogP) is 1.69. The monoisotopic (exact) mass is 326 g/mol. The minimum Gasteiger partial charge on any atom is -0.354 e. The molecule has 1 aromatic heterocycles. The molecule has 0 saturated heterocycles. The number of rotatable bonds is 7. The molecule has 0 atom stereocenters. The zero-order valence-electron chi connectivity index (χ0n) is 14.0. The maximum atomic E-state index is 12.2. The van der Waals surface area contributed by atoms with Crippen LogP contribution in [-0.4, -0.2) is 34.9 Å². The van der Waals surface area contributed by atoms with Gasteiger partial charge < -0.3 is 10.6 Å². The first-order valence-corrected chi connectivity index (χ1v) is 7.96. The molecule has 0 aliphatic rings. The van der Waals surface area contributed by atoms with Crippen LogP contribution in [0.3, 0.4) is 0 Å². The normalized spacial score (nSPS) is 10.5. The predicted molar refractivity (Wildman–Crippen MR) is 91.6 cm³/mol. The van der Waals surface area contributed by atoms with Gasteiger partial charge in [-0.2, -0.15) is 0 Å². The SMILES string of the molecule is CC(C)c1ncncc1C(=O)NCCNC(=O)Cc1ccccc1. The summed E-state index contributed by atoms with van der Waals surface area (Å²) in [5.41, 5.74) is 2.15. The number of hydrogen-bond donors (Lipinski definition) is 2. The molecule has 126 valence electrons. The third-order valence-electron chi connectivity index (χ3n) is 3.47. The molecule has 0 spiro atoms. The number of carbonyl (C=O) groups is 2. The van der Waals surface area contributed by atoms with E-state index in [4.69, 9.17) is 0 Å². The molecule has 2 amide bonds. The minimum absolute atomic E-state index is 0.0682. The summed E-state index contributed by atoms with van der Waals surface area (Å²) < 4.78 is 0. The van der Waals surface area contributed by atoms with Crippen molar-refractivity contribution in [3.63, 3.8) is 0 Å². The highest BCUT2D eigenvalue weighted by Gasteiger charge is 2.14. The Labute approximate surface area is 141 Å². The summed E-state index contributed by atoms with van der Waals surface area (Å²) in [7, 11) is 0. The Morgan fingerprint density at radius 1 is 1.08 bits per heavy atom. The molecule has 0 unspecified atom stereocenters. The Bertz CT molecular complexity index is 686. The first kappa shape index (κ1) is 17.6. The summed E-state index contributed by atoms with van der Waals surface area (Å²) in [5.74, 6) is -0.155. The standard InChI is InChI=1S/C18H22N4O2/c1-13(2)17-15(11-19-12-22-17)18(24)21-9-8-20-16(23)10-14-6-4-3-5-7-14/h3-7,11-13H,8-10H2,1-2H3,(H,20,23)(H,21,24). The average Bonchev–Trinajstić information content (AvgIpc) is 2.59. The van der Waals surface area contributed by atoms with Gasteiger partial charge in [-0.15, -0.1) is 0 Å². The van der Waals surface area contributed by atoms with Crippen LogP contribution in [0.25, 0.3) is 0 Å². The van der Waals surface area contributed by atoms with Crippen LogP contribution < -0.4 is 10.6 Å². The van der Waals surface area contributed by atoms with Crippen LogP contribution in [0.5, 0.6) is 0 Å². The molecule has 6 nitrogen and oxygen atoms in total. The summed E-state index contributed by atoms with van der Waals surface area (Å²) in [5, 5.41) is 5.57. The van der Waals surface area contributed by atoms with Gasteiger partial charge in [0.2, 0.25) is 5.91 Å². The van der Waals surface area contributed by atoms with Gasteiger partial charge in [0.15, 0.2) is 0 Å². The molecule has 0 aliphatic carbocycles. The Balaban J connectivity index is 1.76. The first-order valence-electron chi connectivity index (χ1n) is 7.96. The van der Waals surface area contributed by atoms with Gasteiger partial charge in [-0.3, -0.25) is 9.59 Å². The van der Waals surface area contributed by atoms with E-state index >= 15 is 0 Å². The van der Waals surface area contributed by atoms with Crippen LogP contribution in [0.4, 0.5) is 0 Å². The van der Waals surface area contributed by atoms with Gasteiger partial charge in [-0.25, -0.2) is 9.97 Å². The van der Waals surface area contributed by atoms with Crippen LogP contribution in [0.15, 0.2) is 42.9 Å². The Kier molecular flexibility index (Phi) is 6.42. The quantitative estimate of drug-likeness (QED) is 0.758. The maximum absolute atomic E-state index is 12.2. The number of nitrogens with zero attached hydrogens (tertiary/aromatic N) is 2. The molecule has 0 radical (unpaired) electrons. The van der Waals surface area contributed by atoms with E-state index in [1.54, 1.807) is 0 Å². The van der Waals surface area contributed by atoms with Crippen molar-refractivity contribution in [2.75, 3.05) is 13.1 Å². The molecule has 0 aliphatic heterocycles. The zero-order valence-corrected chi connectivity index (χ0v) is 14.0. The molecular weight excluding hydrogens is 304 g/mol. The van der Waals surface area contributed by atoms with E-state index in [-0.39, 0.29) is 17.7 Å². The van der Waals surface area contributed by atoms with E-state index in [0.29, 0.717) is 25.1 Å². The van der Waals surface area contributed by atoms with E-state index in [1.807, 2.05) is 44.2 Å². The Hall–Kier alpha value is -2.76. The molecule has 0 bridgehead atoms. The molecule has 2 N–H and O–H groups in total. The van der Waals surface area contributed by atoms with Gasteiger partial charge in [0.1, 0.15) is 6.33 Å². The largest absolute Gasteiger partial charge is 0.354 e. The molecule has 6 heteroatoms. The van der Waals surface area contributed by atoms with Crippen LogP contribution in [-0.2, 0) is 11.2 Å². The van der Waals surface area contributed by atoms with Crippen LogP contribution >= 0.6 is 0 Å². The summed E-state index contributed by atoms with van der Waals surface area (Å²) in [6.07, 6.45) is 3.29. The molecule has 24 heavy (non-hydrogen) atoms. The zero-order chi connectivity index (χ0) is 17.4. The fraction of sp³-hybridized carbons (Fsp3) is 0.333. The number of aromatic nitrogens is 2. The average molecular weight is 326 g/mol. The summed E-state index contributed by atoms with van der Waals surface area (Å²) in [4.78, 5) is 32.1. The molecule has 0 saturated carbocycles. The smallest absolute Gasteiger partial charge is 0.254 e. The van der Waals surface area contributed by atoms with Gasteiger partial charge in [-0.05, 0) is 11.5 Å². The summed E-state index contributed by atoms with van der Waals surface area (Å²) >= 11 is 0. The van der Waals surface area contributed by atoms with Crippen molar-refractivity contribution < 1.29 is 9.59 Å². The van der Waals surface area contributed by atoms with Crippen molar-refractivity contribution in [3.8, 4) is 0 Å². The van der Waals surface area contributed by atoms with E-state index in [2.05, 4.69) is 20.6 Å². The molecule has 0 fully saturated rings. The lowest BCUT2D eigenvalue weighted by atomic mass is 10.0. The molecule has 2 rings (SSSR count). The fourth-order valence-corrected chi connectivity index (χ4v) is 2.29. The number of carbonyl (C=O) groups excluding carboxylic acids is 2. The number of benzene rings is 1. The highest BCUT2D eigenvalue weighted by atomic mass is 16.2. The number of hydrogen-bond acceptors (Lipinski definition) is 4. The van der Waals surface area contributed by atoms with Crippen molar-refractivity contribution in [2.45, 2.75) is 26.2 Å². The topological polar surface area (TPSA) is 84.0 Å². The second-order valence-electron chi connectivity index (χ2n) is 5.74. The van der Waals surface area contributed by atoms with Crippen molar-refractivity contribution in [3.05, 3.63) is 59.7 Å². The number of amides is 2. The lowest BCUT2D eigenvalue weighted by molar-refractivity contribution is -0.120. The Morgan fingerprint density at radius 3 is 2.50 bits per heavy atom. The highest BCUT2D eigenvalue weighted by molar-refractivity contribution is 5.95. The lowest BCUT2D eigenvalue weighted by Gasteiger charge is -2.11. The molecule has 1 heterocycles. The van der Waals surface area contributed by atoms with Gasteiger partial charge in [-0.1, -0.05) is 44.2 Å². The second kappa shape index (κ2) is 8.76. The van der Waals surface area contributed by atoms with E-state index < -0.39 is 0 Å². The van der Waals surface area contributed by atoms with Crippen molar-refractivity contribution in [1.82, 2.24) is 20.6 Å². The van der Waals surface area contributed by atoms with Crippen LogP contribution in [0.2, 0.25) is 0 Å². The van der Waals surface area contributed by atoms with Gasteiger partial charge >= 0.3 is 0 Å². The fourth-order valence-electron chi connectivity index (χ4n) is 2.29. The molecular formula is C18H22N4O2. The highest BCUT2D eigenvalue weighted by Crippen LogP contribution is 2.14. The van der Waals surface area contributed by atoms with E-state index in [1.165, 1.54) is 12.5 Å². The molecule has 1 aromatic carbocycles. The minimum atomic E-state index is -0.225. The van der Waals surface area contributed by atoms with Gasteiger partial charge in [0, 0.05) is 19.3 Å². The summed E-state index contributed by atoms with van der Waals surface area (Å²) in [6, 6.07) is 9.53. The van der Waals surface area contributed by atoms with Crippen molar-refractivity contribution >= 4 is 11.8 Å². The van der Waals surface area contributed by atoms with Crippen molar-refractivity contribution in [1.29, 1.82) is 0 Å². The van der Waals surface area contributed by atoms with Gasteiger partial charge in [0.05, 0.1) is 17.7 Å². The molecule has 2 aromatic rings. The lowest BCUT2D eigenvalue weighted by Crippen LogP contribution is -2.35. The number of nitrogens with one attached hydrogen (secondary N) is 2.